The first-order chi connectivity index (χ1) is 18.0. The van der Waals surface area contributed by atoms with Gasteiger partial charge in [-0.15, -0.1) is 5.10 Å². The average molecular weight is 542 g/mol. The Kier molecular flexibility index (Phi) is 5.83. The quantitative estimate of drug-likeness (QED) is 0.446. The molecule has 0 spiro atoms. The van der Waals surface area contributed by atoms with E-state index in [4.69, 9.17) is 4.52 Å². The van der Waals surface area contributed by atoms with Crippen molar-refractivity contribution in [1.82, 2.24) is 24.9 Å². The van der Waals surface area contributed by atoms with E-state index in [1.807, 2.05) is 4.90 Å². The maximum atomic E-state index is 13.9. The minimum Gasteiger partial charge on any atom is -0.350 e. The lowest BCUT2D eigenvalue weighted by molar-refractivity contribution is -0.175. The summed E-state index contributed by atoms with van der Waals surface area (Å²) in [6.45, 7) is 3.02. The Hall–Kier alpha value is -3.32. The first-order valence-corrected chi connectivity index (χ1v) is 12.5. The van der Waals surface area contributed by atoms with E-state index in [-0.39, 0.29) is 48.1 Å². The number of hydrogen-bond acceptors (Lipinski definition) is 7. The molecule has 3 aromatic rings. The average Bonchev–Trinajstić information content (AvgIpc) is 3.53. The van der Waals surface area contributed by atoms with Gasteiger partial charge < -0.3 is 14.7 Å². The van der Waals surface area contributed by atoms with Gasteiger partial charge in [0.2, 0.25) is 5.95 Å². The van der Waals surface area contributed by atoms with Crippen LogP contribution in [0, 0.1) is 18.8 Å². The summed E-state index contributed by atoms with van der Waals surface area (Å²) in [4.78, 5) is 10.8. The second kappa shape index (κ2) is 8.87. The molecular formula is C24H25F6N7O. The zero-order valence-electron chi connectivity index (χ0n) is 20.3. The van der Waals surface area contributed by atoms with E-state index in [1.54, 1.807) is 6.92 Å². The van der Waals surface area contributed by atoms with Gasteiger partial charge in [-0.2, -0.15) is 36.3 Å². The molecule has 3 aliphatic rings. The van der Waals surface area contributed by atoms with E-state index in [2.05, 4.69) is 25.5 Å². The van der Waals surface area contributed by atoms with Gasteiger partial charge in [-0.3, -0.25) is 0 Å². The molecule has 1 aromatic carbocycles. The largest absolute Gasteiger partial charge is 0.416 e. The molecule has 1 saturated carbocycles. The number of anilines is 2. The Labute approximate surface area is 213 Å². The molecule has 6 rings (SSSR count). The van der Waals surface area contributed by atoms with E-state index >= 15 is 0 Å². The summed E-state index contributed by atoms with van der Waals surface area (Å²) >= 11 is 0. The van der Waals surface area contributed by atoms with Gasteiger partial charge in [-0.05, 0) is 56.1 Å². The van der Waals surface area contributed by atoms with Crippen molar-refractivity contribution in [2.45, 2.75) is 63.0 Å². The number of nitrogens with one attached hydrogen (secondary N) is 1. The number of aryl methyl sites for hydroxylation is 1. The van der Waals surface area contributed by atoms with E-state index in [9.17, 15) is 26.3 Å². The minimum atomic E-state index is -4.56. The van der Waals surface area contributed by atoms with Gasteiger partial charge in [0.1, 0.15) is 11.9 Å². The monoisotopic (exact) mass is 541 g/mol. The van der Waals surface area contributed by atoms with Gasteiger partial charge in [-0.1, -0.05) is 23.4 Å². The molecule has 1 N–H and O–H groups in total. The number of rotatable bonds is 4. The van der Waals surface area contributed by atoms with Crippen LogP contribution in [0.1, 0.15) is 60.4 Å². The molecule has 1 saturated heterocycles. The fourth-order valence-electron chi connectivity index (χ4n) is 6.17. The van der Waals surface area contributed by atoms with Crippen molar-refractivity contribution in [3.05, 3.63) is 47.0 Å². The fourth-order valence-corrected chi connectivity index (χ4v) is 6.17. The SMILES string of the molecule is Cc1noc(N2C[C@H]3CC[C@@H](C2)C3Nc2nc3n(n2)C(C(F)(F)F)CCC3c2cccc(C(F)(F)F)c2)n1. The van der Waals surface area contributed by atoms with Gasteiger partial charge >= 0.3 is 18.4 Å². The highest BCUT2D eigenvalue weighted by Gasteiger charge is 2.48. The van der Waals surface area contributed by atoms with Gasteiger partial charge in [-0.25, -0.2) is 4.68 Å². The lowest BCUT2D eigenvalue weighted by Gasteiger charge is -2.37. The number of hydrogen-bond donors (Lipinski definition) is 1. The summed E-state index contributed by atoms with van der Waals surface area (Å²) < 4.78 is 87.8. The van der Waals surface area contributed by atoms with Gasteiger partial charge in [0.05, 0.1) is 5.56 Å². The third kappa shape index (κ3) is 4.47. The Morgan fingerprint density at radius 3 is 2.34 bits per heavy atom. The van der Waals surface area contributed by atoms with Crippen molar-refractivity contribution < 1.29 is 30.9 Å². The summed E-state index contributed by atoms with van der Waals surface area (Å²) in [6, 6.07) is 3.20. The zero-order chi connectivity index (χ0) is 26.8. The summed E-state index contributed by atoms with van der Waals surface area (Å²) in [5.41, 5.74) is -0.582. The third-order valence-electron chi connectivity index (χ3n) is 7.90. The zero-order valence-corrected chi connectivity index (χ0v) is 20.3. The van der Waals surface area contributed by atoms with E-state index < -0.39 is 29.9 Å². The van der Waals surface area contributed by atoms with Crippen LogP contribution in [0.2, 0.25) is 0 Å². The highest BCUT2D eigenvalue weighted by Crippen LogP contribution is 2.45. The Balaban J connectivity index is 1.28. The number of halogens is 6. The standard InChI is InChI=1S/C24H25F6N7O/c1-12-31-22(38-35-12)36-10-14-5-6-15(11-36)19(14)32-21-33-20-17(7-8-18(24(28,29)30)37(20)34-21)13-3-2-4-16(9-13)23(25,26)27/h2-4,9,14-15,17-19H,5-8,10-11H2,1H3,(H,32,34)/t14-,15+,17?,18?,19?. The molecule has 38 heavy (non-hydrogen) atoms. The van der Waals surface area contributed by atoms with Crippen LogP contribution in [0.5, 0.6) is 0 Å². The molecule has 14 heteroatoms. The molecule has 2 bridgehead atoms. The van der Waals surface area contributed by atoms with Crippen molar-refractivity contribution in [3.8, 4) is 0 Å². The number of aromatic nitrogens is 5. The van der Waals surface area contributed by atoms with Gasteiger partial charge in [0.15, 0.2) is 5.82 Å². The van der Waals surface area contributed by atoms with Crippen LogP contribution in [0.3, 0.4) is 0 Å². The molecule has 1 aliphatic carbocycles. The summed E-state index contributed by atoms with van der Waals surface area (Å²) in [6.07, 6.45) is -7.59. The molecule has 0 amide bonds. The number of nitrogens with zero attached hydrogens (tertiary/aromatic N) is 6. The number of alkyl halides is 6. The lowest BCUT2D eigenvalue weighted by Crippen LogP contribution is -2.48. The molecule has 3 unspecified atom stereocenters. The van der Waals surface area contributed by atoms with Crippen LogP contribution >= 0.6 is 0 Å². The number of fused-ring (bicyclic) bond motifs is 3. The molecular weight excluding hydrogens is 516 g/mol. The third-order valence-corrected chi connectivity index (χ3v) is 7.90. The summed E-state index contributed by atoms with van der Waals surface area (Å²) in [5, 5.41) is 11.3. The maximum Gasteiger partial charge on any atom is 0.416 e. The normalized spacial score (nSPS) is 27.4. The summed E-state index contributed by atoms with van der Waals surface area (Å²) in [5.74, 6) is 0.218. The smallest absolute Gasteiger partial charge is 0.350 e. The Morgan fingerprint density at radius 2 is 1.71 bits per heavy atom. The van der Waals surface area contributed by atoms with Crippen LogP contribution in [0.25, 0.3) is 0 Å². The molecule has 2 aliphatic heterocycles. The van der Waals surface area contributed by atoms with E-state index in [0.29, 0.717) is 24.9 Å². The van der Waals surface area contributed by atoms with Crippen LogP contribution in [-0.4, -0.2) is 50.2 Å². The maximum absolute atomic E-state index is 13.9. The molecule has 0 radical (unpaired) electrons. The predicted molar refractivity (Wildman–Crippen MR) is 123 cm³/mol. The molecule has 4 heterocycles. The van der Waals surface area contributed by atoms with E-state index in [0.717, 1.165) is 29.7 Å². The molecule has 5 atom stereocenters. The van der Waals surface area contributed by atoms with Crippen molar-refractivity contribution in [2.24, 2.45) is 11.8 Å². The number of piperidine rings is 1. The Morgan fingerprint density at radius 1 is 0.974 bits per heavy atom. The fraction of sp³-hybridized carbons (Fsp3) is 0.583. The number of benzene rings is 1. The van der Waals surface area contributed by atoms with Crippen molar-refractivity contribution >= 4 is 12.0 Å². The van der Waals surface area contributed by atoms with E-state index in [1.165, 1.54) is 12.1 Å². The first kappa shape index (κ1) is 25.0. The predicted octanol–water partition coefficient (Wildman–Crippen LogP) is 5.34. The molecule has 204 valence electrons. The van der Waals surface area contributed by atoms with Crippen molar-refractivity contribution in [2.75, 3.05) is 23.3 Å². The minimum absolute atomic E-state index is 0.0108. The van der Waals surface area contributed by atoms with Crippen LogP contribution in [-0.2, 0) is 6.18 Å². The summed E-state index contributed by atoms with van der Waals surface area (Å²) in [7, 11) is 0. The van der Waals surface area contributed by atoms with Crippen molar-refractivity contribution in [1.29, 1.82) is 0 Å². The van der Waals surface area contributed by atoms with Crippen molar-refractivity contribution in [3.63, 3.8) is 0 Å². The molecule has 8 nitrogen and oxygen atoms in total. The highest BCUT2D eigenvalue weighted by molar-refractivity contribution is 5.37. The van der Waals surface area contributed by atoms with Crippen LogP contribution < -0.4 is 10.2 Å². The second-order valence-electron chi connectivity index (χ2n) is 10.3. The molecule has 2 fully saturated rings. The molecule has 2 aromatic heterocycles. The van der Waals surface area contributed by atoms with Gasteiger partial charge in [0, 0.05) is 25.0 Å². The topological polar surface area (TPSA) is 84.9 Å². The second-order valence-corrected chi connectivity index (χ2v) is 10.3. The first-order valence-electron chi connectivity index (χ1n) is 12.5. The van der Waals surface area contributed by atoms with Crippen LogP contribution in [0.4, 0.5) is 38.3 Å². The van der Waals surface area contributed by atoms with Crippen LogP contribution in [0.15, 0.2) is 28.8 Å². The van der Waals surface area contributed by atoms with Gasteiger partial charge in [0.25, 0.3) is 0 Å². The lowest BCUT2D eigenvalue weighted by atomic mass is 9.87. The highest BCUT2D eigenvalue weighted by atomic mass is 19.4. The Bertz CT molecular complexity index is 1300.